The summed E-state index contributed by atoms with van der Waals surface area (Å²) in [6.07, 6.45) is 3.06. The van der Waals surface area contributed by atoms with Gasteiger partial charge in [0.2, 0.25) is 0 Å². The summed E-state index contributed by atoms with van der Waals surface area (Å²) < 4.78 is 55.6. The van der Waals surface area contributed by atoms with Crippen molar-refractivity contribution in [2.75, 3.05) is 20.5 Å². The fraction of sp³-hybridized carbons (Fsp3) is 0. The van der Waals surface area contributed by atoms with Crippen molar-refractivity contribution in [2.45, 2.75) is 9.79 Å². The SMILES string of the molecule is Nc1cccc2c(S(=O)(=O)Nc3nccs3)cccc12.O=C(Nc1cccc2c(S(=O)(=O)Nc3nccs3)cccc12)c1ccc(Cl)c(Cl)c1. The summed E-state index contributed by atoms with van der Waals surface area (Å²) in [4.78, 5) is 20.8. The average molecular weight is 784 g/mol. The van der Waals surface area contributed by atoms with Gasteiger partial charge in [-0.3, -0.25) is 14.2 Å². The van der Waals surface area contributed by atoms with E-state index in [9.17, 15) is 21.6 Å². The molecule has 17 heteroatoms. The summed E-state index contributed by atoms with van der Waals surface area (Å²) in [6, 6.07) is 24.7. The quantitative estimate of drug-likeness (QED) is 0.111. The minimum Gasteiger partial charge on any atom is -0.398 e. The number of thiazole rings is 2. The molecule has 0 unspecified atom stereocenters. The van der Waals surface area contributed by atoms with Crippen LogP contribution in [0, 0.1) is 0 Å². The number of hydrogen-bond donors (Lipinski definition) is 4. The number of rotatable bonds is 8. The predicted molar refractivity (Wildman–Crippen MR) is 203 cm³/mol. The van der Waals surface area contributed by atoms with Gasteiger partial charge in [0.15, 0.2) is 10.3 Å². The van der Waals surface area contributed by atoms with Crippen molar-refractivity contribution in [3.8, 4) is 0 Å². The van der Waals surface area contributed by atoms with Crippen LogP contribution in [0.3, 0.4) is 0 Å². The van der Waals surface area contributed by atoms with Gasteiger partial charge in [-0.1, -0.05) is 71.7 Å². The van der Waals surface area contributed by atoms with E-state index in [4.69, 9.17) is 28.9 Å². The van der Waals surface area contributed by atoms with Gasteiger partial charge in [-0.15, -0.1) is 22.7 Å². The number of halogens is 2. The molecule has 0 aliphatic heterocycles. The first-order chi connectivity index (χ1) is 23.9. The molecule has 2 heterocycles. The number of carbonyl (C=O) groups excluding carboxylic acids is 1. The highest BCUT2D eigenvalue weighted by molar-refractivity contribution is 7.93. The molecule has 0 saturated heterocycles. The Morgan fingerprint density at radius 1 is 0.640 bits per heavy atom. The molecule has 0 bridgehead atoms. The van der Waals surface area contributed by atoms with E-state index < -0.39 is 26.0 Å². The number of fused-ring (bicyclic) bond motifs is 2. The van der Waals surface area contributed by atoms with Crippen molar-refractivity contribution in [3.63, 3.8) is 0 Å². The van der Waals surface area contributed by atoms with Crippen LogP contribution in [0.25, 0.3) is 21.5 Å². The molecule has 0 saturated carbocycles. The third kappa shape index (κ3) is 7.67. The number of carbonyl (C=O) groups is 1. The minimum atomic E-state index is -3.86. The van der Waals surface area contributed by atoms with Gasteiger partial charge in [-0.2, -0.15) is 0 Å². The first-order valence-electron chi connectivity index (χ1n) is 14.3. The Bertz CT molecular complexity index is 2570. The maximum atomic E-state index is 12.9. The van der Waals surface area contributed by atoms with E-state index in [0.717, 1.165) is 5.39 Å². The van der Waals surface area contributed by atoms with Crippen molar-refractivity contribution >= 4 is 115 Å². The Hall–Kier alpha value is -4.77. The molecule has 0 radical (unpaired) electrons. The number of nitrogens with zero attached hydrogens (tertiary/aromatic N) is 2. The highest BCUT2D eigenvalue weighted by Gasteiger charge is 2.21. The summed E-state index contributed by atoms with van der Waals surface area (Å²) in [5.74, 6) is -0.393. The number of amides is 1. The van der Waals surface area contributed by atoms with E-state index in [0.29, 0.717) is 43.3 Å². The molecule has 0 atom stereocenters. The summed E-state index contributed by atoms with van der Waals surface area (Å²) >= 11 is 14.3. The molecule has 11 nitrogen and oxygen atoms in total. The Labute approximate surface area is 304 Å². The standard InChI is InChI=1S/C20H13Cl2N3O3S2.C13H11N3O2S2/c21-15-8-7-12(11-16(15)22)19(26)24-17-5-1-4-14-13(17)3-2-6-18(14)30(27,28)25-20-23-9-10-29-20;14-11-5-1-4-10-9(11)3-2-6-12(10)20(17,18)16-13-15-7-8-19-13/h1-11H,(H,23,25)(H,24,26);1-8H,14H2,(H,15,16). The fourth-order valence-electron chi connectivity index (χ4n) is 4.88. The van der Waals surface area contributed by atoms with E-state index in [1.807, 2.05) is 0 Å². The van der Waals surface area contributed by atoms with Crippen molar-refractivity contribution in [3.05, 3.63) is 130 Å². The molecule has 0 aliphatic carbocycles. The largest absolute Gasteiger partial charge is 0.398 e. The zero-order valence-corrected chi connectivity index (χ0v) is 30.1. The van der Waals surface area contributed by atoms with E-state index in [2.05, 4.69) is 24.7 Å². The molecular formula is C33H24Cl2N6O5S4. The van der Waals surface area contributed by atoms with Gasteiger partial charge in [0, 0.05) is 61.6 Å². The number of nitrogens with two attached hydrogens (primary N) is 1. The molecule has 50 heavy (non-hydrogen) atoms. The van der Waals surface area contributed by atoms with Crippen LogP contribution in [0.2, 0.25) is 10.0 Å². The normalized spacial score (nSPS) is 11.5. The van der Waals surface area contributed by atoms with Crippen LogP contribution in [0.5, 0.6) is 0 Å². The highest BCUT2D eigenvalue weighted by Crippen LogP contribution is 2.32. The maximum absolute atomic E-state index is 12.9. The van der Waals surface area contributed by atoms with Crippen molar-refractivity contribution in [1.82, 2.24) is 9.97 Å². The van der Waals surface area contributed by atoms with Crippen LogP contribution in [-0.4, -0.2) is 32.7 Å². The molecular weight excluding hydrogens is 760 g/mol. The molecule has 0 fully saturated rings. The minimum absolute atomic E-state index is 0.0841. The second kappa shape index (κ2) is 14.6. The van der Waals surface area contributed by atoms with Gasteiger partial charge in [-0.25, -0.2) is 26.8 Å². The molecule has 7 rings (SSSR count). The number of sulfonamides is 2. The summed E-state index contributed by atoms with van der Waals surface area (Å²) in [5.41, 5.74) is 7.23. The maximum Gasteiger partial charge on any atom is 0.264 e. The van der Waals surface area contributed by atoms with Crippen molar-refractivity contribution in [2.24, 2.45) is 0 Å². The summed E-state index contributed by atoms with van der Waals surface area (Å²) in [7, 11) is -7.55. The van der Waals surface area contributed by atoms with E-state index in [1.54, 1.807) is 89.8 Å². The summed E-state index contributed by atoms with van der Waals surface area (Å²) in [5, 5.41) is 9.77. The van der Waals surface area contributed by atoms with Gasteiger partial charge in [0.25, 0.3) is 26.0 Å². The first-order valence-corrected chi connectivity index (χ1v) is 19.8. The zero-order chi connectivity index (χ0) is 35.5. The van der Waals surface area contributed by atoms with Crippen LogP contribution in [0.4, 0.5) is 21.6 Å². The number of hydrogen-bond acceptors (Lipinski definition) is 10. The molecule has 0 spiro atoms. The van der Waals surface area contributed by atoms with Gasteiger partial charge in [0.1, 0.15) is 0 Å². The topological polar surface area (TPSA) is 173 Å². The smallest absolute Gasteiger partial charge is 0.264 e. The van der Waals surface area contributed by atoms with Gasteiger partial charge in [-0.05, 0) is 42.5 Å². The zero-order valence-electron chi connectivity index (χ0n) is 25.4. The van der Waals surface area contributed by atoms with E-state index in [-0.39, 0.29) is 19.9 Å². The Morgan fingerprint density at radius 2 is 1.16 bits per heavy atom. The number of anilines is 4. The molecule has 5 aromatic carbocycles. The van der Waals surface area contributed by atoms with Crippen LogP contribution >= 0.6 is 45.9 Å². The monoisotopic (exact) mass is 782 g/mol. The number of aromatic nitrogens is 2. The summed E-state index contributed by atoms with van der Waals surface area (Å²) in [6.45, 7) is 0. The Balaban J connectivity index is 0.000000187. The van der Waals surface area contributed by atoms with Crippen LogP contribution < -0.4 is 20.5 Å². The lowest BCUT2D eigenvalue weighted by Crippen LogP contribution is -2.14. The van der Waals surface area contributed by atoms with Gasteiger partial charge >= 0.3 is 0 Å². The van der Waals surface area contributed by atoms with E-state index in [1.165, 1.54) is 47.1 Å². The third-order valence-electron chi connectivity index (χ3n) is 7.11. The number of nitrogens with one attached hydrogen (secondary N) is 3. The van der Waals surface area contributed by atoms with Gasteiger partial charge < -0.3 is 11.1 Å². The van der Waals surface area contributed by atoms with Crippen molar-refractivity contribution in [1.29, 1.82) is 0 Å². The number of benzene rings is 5. The van der Waals surface area contributed by atoms with Crippen LogP contribution in [-0.2, 0) is 20.0 Å². The molecule has 1 amide bonds. The van der Waals surface area contributed by atoms with Crippen LogP contribution in [0.15, 0.2) is 124 Å². The number of nitrogen functional groups attached to an aromatic ring is 1. The second-order valence-corrected chi connectivity index (χ2v) is 16.2. The molecule has 0 aliphatic rings. The van der Waals surface area contributed by atoms with Gasteiger partial charge in [0.05, 0.1) is 19.8 Å². The predicted octanol–water partition coefficient (Wildman–Crippen LogP) is 8.34. The van der Waals surface area contributed by atoms with Crippen LogP contribution in [0.1, 0.15) is 10.4 Å². The molecule has 2 aromatic heterocycles. The molecule has 254 valence electrons. The first kappa shape index (κ1) is 35.1. The lowest BCUT2D eigenvalue weighted by atomic mass is 10.1. The fourth-order valence-corrected chi connectivity index (χ4v) is 9.21. The lowest BCUT2D eigenvalue weighted by Gasteiger charge is -2.13. The second-order valence-electron chi connectivity index (χ2n) is 10.3. The third-order valence-corrected chi connectivity index (χ3v) is 12.3. The van der Waals surface area contributed by atoms with E-state index >= 15 is 0 Å². The van der Waals surface area contributed by atoms with Crippen molar-refractivity contribution < 1.29 is 21.6 Å². The lowest BCUT2D eigenvalue weighted by molar-refractivity contribution is 0.102. The Morgan fingerprint density at radius 3 is 1.72 bits per heavy atom. The average Bonchev–Trinajstić information content (AvgIpc) is 3.80. The Kier molecular flexibility index (Phi) is 10.2. The molecule has 5 N–H and O–H groups in total. The molecule has 7 aromatic rings. The highest BCUT2D eigenvalue weighted by atomic mass is 35.5.